The van der Waals surface area contributed by atoms with E-state index in [-0.39, 0.29) is 0 Å². The summed E-state index contributed by atoms with van der Waals surface area (Å²) in [6.07, 6.45) is 9.16. The minimum Gasteiger partial charge on any atom is -0.134 e. The monoisotopic (exact) mass is 194 g/mol. The van der Waals surface area contributed by atoms with Crippen molar-refractivity contribution >= 4 is 11.8 Å². The van der Waals surface area contributed by atoms with Gasteiger partial charge in [0.25, 0.3) is 0 Å². The average Bonchev–Trinajstić information content (AvgIpc) is 2.09. The van der Waals surface area contributed by atoms with E-state index in [1.807, 2.05) is 11.8 Å². The number of rotatable bonds is 1. The fourth-order valence-corrected chi connectivity index (χ4v) is 2.11. The highest BCUT2D eigenvalue weighted by molar-refractivity contribution is 8.02. The van der Waals surface area contributed by atoms with Crippen LogP contribution in [0.15, 0.2) is 33.8 Å². The maximum atomic E-state index is 2.31. The fraction of sp³-hybridized carbons (Fsp3) is 0.500. The Morgan fingerprint density at radius 3 is 2.38 bits per heavy atom. The van der Waals surface area contributed by atoms with Gasteiger partial charge in [0.1, 0.15) is 0 Å². The van der Waals surface area contributed by atoms with Crippen molar-refractivity contribution in [2.24, 2.45) is 0 Å². The molecule has 1 aliphatic carbocycles. The van der Waals surface area contributed by atoms with Gasteiger partial charge in [-0.05, 0) is 50.8 Å². The summed E-state index contributed by atoms with van der Waals surface area (Å²) < 4.78 is 0. The summed E-state index contributed by atoms with van der Waals surface area (Å²) in [5, 5.41) is 0. The predicted molar refractivity (Wildman–Crippen MR) is 63.0 cm³/mol. The van der Waals surface area contributed by atoms with Gasteiger partial charge in [0.15, 0.2) is 0 Å². The second-order valence-electron chi connectivity index (χ2n) is 3.67. The molecule has 0 heterocycles. The highest BCUT2D eigenvalue weighted by Gasteiger charge is 2.03. The summed E-state index contributed by atoms with van der Waals surface area (Å²) in [7, 11) is 0. The highest BCUT2D eigenvalue weighted by atomic mass is 32.2. The average molecular weight is 194 g/mol. The third-order valence-electron chi connectivity index (χ3n) is 2.51. The van der Waals surface area contributed by atoms with Crippen LogP contribution in [-0.4, -0.2) is 6.26 Å². The van der Waals surface area contributed by atoms with E-state index in [2.05, 4.69) is 39.2 Å². The maximum Gasteiger partial charge on any atom is -0.0140 e. The minimum absolute atomic E-state index is 1.20. The van der Waals surface area contributed by atoms with Gasteiger partial charge in [0.05, 0.1) is 0 Å². The van der Waals surface area contributed by atoms with E-state index in [1.54, 1.807) is 0 Å². The van der Waals surface area contributed by atoms with Gasteiger partial charge in [-0.25, -0.2) is 0 Å². The molecule has 0 N–H and O–H groups in total. The zero-order valence-electron chi connectivity index (χ0n) is 8.98. The van der Waals surface area contributed by atoms with Crippen molar-refractivity contribution in [2.75, 3.05) is 6.26 Å². The molecular weight excluding hydrogens is 176 g/mol. The predicted octanol–water partition coefficient (Wildman–Crippen LogP) is 4.31. The van der Waals surface area contributed by atoms with Crippen molar-refractivity contribution < 1.29 is 0 Å². The molecule has 13 heavy (non-hydrogen) atoms. The number of allylic oxidation sites excluding steroid dienone is 6. The van der Waals surface area contributed by atoms with E-state index < -0.39 is 0 Å². The Kier molecular flexibility index (Phi) is 3.86. The molecule has 0 spiro atoms. The Labute approximate surface area is 85.8 Å². The number of hydrogen-bond donors (Lipinski definition) is 0. The first-order valence-electron chi connectivity index (χ1n) is 4.72. The maximum absolute atomic E-state index is 2.31. The lowest BCUT2D eigenvalue weighted by Gasteiger charge is -2.11. The molecule has 0 unspecified atom stereocenters. The van der Waals surface area contributed by atoms with Crippen LogP contribution in [-0.2, 0) is 0 Å². The standard InChI is InChI=1S/C12H18S/c1-9-7-11(3)10(2)5-6-12(8-9)13-4/h7-8H,5-6H2,1-4H3/b9-7-,11-10+,12-8+. The van der Waals surface area contributed by atoms with Gasteiger partial charge in [-0.1, -0.05) is 22.8 Å². The molecule has 0 atom stereocenters. The smallest absolute Gasteiger partial charge is 0.0140 e. The van der Waals surface area contributed by atoms with Crippen LogP contribution in [0.3, 0.4) is 0 Å². The van der Waals surface area contributed by atoms with Gasteiger partial charge < -0.3 is 0 Å². The van der Waals surface area contributed by atoms with Crippen LogP contribution in [0.1, 0.15) is 33.6 Å². The van der Waals surface area contributed by atoms with Crippen LogP contribution in [0.4, 0.5) is 0 Å². The van der Waals surface area contributed by atoms with Crippen molar-refractivity contribution in [2.45, 2.75) is 33.6 Å². The molecular formula is C12H18S. The van der Waals surface area contributed by atoms with Crippen LogP contribution in [0.5, 0.6) is 0 Å². The van der Waals surface area contributed by atoms with Gasteiger partial charge in [0, 0.05) is 0 Å². The van der Waals surface area contributed by atoms with E-state index >= 15 is 0 Å². The van der Waals surface area contributed by atoms with Crippen LogP contribution in [0, 0.1) is 0 Å². The second-order valence-corrected chi connectivity index (χ2v) is 4.60. The minimum atomic E-state index is 1.20. The van der Waals surface area contributed by atoms with Gasteiger partial charge in [-0.3, -0.25) is 0 Å². The van der Waals surface area contributed by atoms with E-state index in [0.717, 1.165) is 0 Å². The lowest BCUT2D eigenvalue weighted by molar-refractivity contribution is 0.945. The summed E-state index contributed by atoms with van der Waals surface area (Å²) in [5.41, 5.74) is 4.34. The molecule has 0 radical (unpaired) electrons. The molecule has 0 aliphatic heterocycles. The first kappa shape index (κ1) is 10.6. The molecule has 0 saturated carbocycles. The van der Waals surface area contributed by atoms with Crippen molar-refractivity contribution in [1.82, 2.24) is 0 Å². The Morgan fingerprint density at radius 2 is 1.77 bits per heavy atom. The topological polar surface area (TPSA) is 0 Å². The summed E-state index contributed by atoms with van der Waals surface area (Å²) in [4.78, 5) is 1.50. The van der Waals surface area contributed by atoms with Crippen molar-refractivity contribution in [3.63, 3.8) is 0 Å². The Balaban J connectivity index is 2.95. The fourth-order valence-electron chi connectivity index (χ4n) is 1.50. The molecule has 72 valence electrons. The molecule has 0 aromatic carbocycles. The van der Waals surface area contributed by atoms with Crippen molar-refractivity contribution in [1.29, 1.82) is 0 Å². The molecule has 0 fully saturated rings. The van der Waals surface area contributed by atoms with E-state index in [4.69, 9.17) is 0 Å². The Bertz CT molecular complexity index is 279. The lowest BCUT2D eigenvalue weighted by atomic mass is 10.0. The zero-order valence-corrected chi connectivity index (χ0v) is 9.79. The molecule has 0 bridgehead atoms. The van der Waals surface area contributed by atoms with Crippen molar-refractivity contribution in [3.05, 3.63) is 33.8 Å². The first-order chi connectivity index (χ1) is 6.13. The molecule has 0 saturated heterocycles. The summed E-state index contributed by atoms with van der Waals surface area (Å²) in [6, 6.07) is 0. The largest absolute Gasteiger partial charge is 0.134 e. The SMILES string of the molecule is CS/C1=C/C(C)=C\C(C)=C(/C)CC1. The summed E-state index contributed by atoms with van der Waals surface area (Å²) in [6.45, 7) is 6.62. The third-order valence-corrected chi connectivity index (χ3v) is 3.36. The van der Waals surface area contributed by atoms with E-state index in [0.29, 0.717) is 0 Å². The Morgan fingerprint density at radius 1 is 1.08 bits per heavy atom. The van der Waals surface area contributed by atoms with Gasteiger partial charge >= 0.3 is 0 Å². The van der Waals surface area contributed by atoms with Crippen LogP contribution in [0.25, 0.3) is 0 Å². The molecule has 1 aliphatic rings. The van der Waals surface area contributed by atoms with Crippen molar-refractivity contribution in [3.8, 4) is 0 Å². The number of hydrogen-bond acceptors (Lipinski definition) is 1. The normalized spacial score (nSPS) is 32.6. The highest BCUT2D eigenvalue weighted by Crippen LogP contribution is 2.26. The number of thioether (sulfide) groups is 1. The van der Waals surface area contributed by atoms with Gasteiger partial charge in [-0.15, -0.1) is 11.8 Å². The molecule has 0 aromatic heterocycles. The third kappa shape index (κ3) is 3.07. The zero-order chi connectivity index (χ0) is 9.84. The Hall–Kier alpha value is -0.430. The van der Waals surface area contributed by atoms with Crippen LogP contribution in [0.2, 0.25) is 0 Å². The van der Waals surface area contributed by atoms with Gasteiger partial charge in [-0.2, -0.15) is 0 Å². The molecule has 1 rings (SSSR count). The quantitative estimate of drug-likeness (QED) is 0.599. The van der Waals surface area contributed by atoms with Crippen LogP contribution >= 0.6 is 11.8 Å². The van der Waals surface area contributed by atoms with E-state index in [1.165, 1.54) is 34.5 Å². The lowest BCUT2D eigenvalue weighted by Crippen LogP contribution is -1.89. The molecule has 0 amide bonds. The van der Waals surface area contributed by atoms with Gasteiger partial charge in [0.2, 0.25) is 0 Å². The molecule has 0 nitrogen and oxygen atoms in total. The second kappa shape index (κ2) is 4.71. The summed E-state index contributed by atoms with van der Waals surface area (Å²) >= 11 is 1.87. The first-order valence-corrected chi connectivity index (χ1v) is 5.95. The van der Waals surface area contributed by atoms with Crippen LogP contribution < -0.4 is 0 Å². The molecule has 1 heteroatoms. The van der Waals surface area contributed by atoms with E-state index in [9.17, 15) is 0 Å². The molecule has 0 aromatic rings. The summed E-state index contributed by atoms with van der Waals surface area (Å²) in [5.74, 6) is 0.